The van der Waals surface area contributed by atoms with Gasteiger partial charge in [-0.25, -0.2) is 8.42 Å². The fraction of sp³-hybridized carbons (Fsp3) is 0.533. The fourth-order valence-corrected chi connectivity index (χ4v) is 3.05. The highest BCUT2D eigenvalue weighted by Crippen LogP contribution is 2.12. The number of unbranched alkanes of at least 4 members (excludes halogenated alkanes) is 1. The van der Waals surface area contributed by atoms with Gasteiger partial charge in [0, 0.05) is 0 Å². The van der Waals surface area contributed by atoms with Crippen LogP contribution in [0.2, 0.25) is 0 Å². The molecule has 1 N–H and O–H groups in total. The van der Waals surface area contributed by atoms with Crippen molar-refractivity contribution < 1.29 is 17.9 Å². The maximum atomic E-state index is 12.3. The molecule has 0 saturated carbocycles. The van der Waals surface area contributed by atoms with Crippen molar-refractivity contribution in [3.8, 4) is 0 Å². The second-order valence-corrected chi connectivity index (χ2v) is 6.89. The summed E-state index contributed by atoms with van der Waals surface area (Å²) in [5.41, 5.74) is 0. The predicted octanol–water partition coefficient (Wildman–Crippen LogP) is 2.33. The molecule has 5 nitrogen and oxygen atoms in total. The van der Waals surface area contributed by atoms with Crippen molar-refractivity contribution in [2.24, 2.45) is 5.92 Å². The van der Waals surface area contributed by atoms with E-state index in [4.69, 9.17) is 4.74 Å². The van der Waals surface area contributed by atoms with Crippen LogP contribution in [0.15, 0.2) is 35.2 Å². The van der Waals surface area contributed by atoms with Crippen molar-refractivity contribution in [1.29, 1.82) is 0 Å². The number of carbonyl (C=O) groups excluding carboxylic acids is 1. The Balaban J connectivity index is 2.81. The molecule has 6 heteroatoms. The molecule has 0 aliphatic rings. The highest BCUT2D eigenvalue weighted by atomic mass is 32.2. The number of nitrogens with one attached hydrogen (secondary N) is 1. The van der Waals surface area contributed by atoms with Crippen LogP contribution in [0, 0.1) is 5.92 Å². The second-order valence-electron chi connectivity index (χ2n) is 5.18. The number of hydrogen-bond acceptors (Lipinski definition) is 4. The lowest BCUT2D eigenvalue weighted by atomic mass is 10.1. The number of benzene rings is 1. The zero-order chi connectivity index (χ0) is 15.9. The molecule has 0 amide bonds. The quantitative estimate of drug-likeness (QED) is 0.590. The highest BCUT2D eigenvalue weighted by Gasteiger charge is 2.29. The van der Waals surface area contributed by atoms with Crippen LogP contribution in [0.1, 0.15) is 33.6 Å². The molecule has 21 heavy (non-hydrogen) atoms. The van der Waals surface area contributed by atoms with Gasteiger partial charge in [-0.15, -0.1) is 0 Å². The highest BCUT2D eigenvalue weighted by molar-refractivity contribution is 7.89. The van der Waals surface area contributed by atoms with Crippen LogP contribution >= 0.6 is 0 Å². The molecule has 1 rings (SSSR count). The maximum Gasteiger partial charge on any atom is 0.324 e. The molecule has 1 atom stereocenters. The summed E-state index contributed by atoms with van der Waals surface area (Å²) in [6.07, 6.45) is 1.68. The molecular weight excluding hydrogens is 290 g/mol. The molecule has 0 aliphatic heterocycles. The Hall–Kier alpha value is -1.40. The third-order valence-corrected chi connectivity index (χ3v) is 4.46. The molecule has 0 aromatic heterocycles. The minimum absolute atomic E-state index is 0.136. The molecule has 0 heterocycles. The van der Waals surface area contributed by atoms with E-state index in [2.05, 4.69) is 4.72 Å². The summed E-state index contributed by atoms with van der Waals surface area (Å²) in [5, 5.41) is 0. The minimum Gasteiger partial charge on any atom is -0.464 e. The van der Waals surface area contributed by atoms with Crippen LogP contribution in [0.3, 0.4) is 0 Å². The first-order chi connectivity index (χ1) is 9.88. The van der Waals surface area contributed by atoms with Crippen molar-refractivity contribution in [2.75, 3.05) is 6.61 Å². The number of esters is 1. The molecule has 0 spiro atoms. The zero-order valence-corrected chi connectivity index (χ0v) is 13.5. The topological polar surface area (TPSA) is 72.5 Å². The second kappa shape index (κ2) is 8.14. The van der Waals surface area contributed by atoms with E-state index in [9.17, 15) is 13.2 Å². The van der Waals surface area contributed by atoms with Crippen molar-refractivity contribution in [2.45, 2.75) is 44.6 Å². The molecule has 0 saturated heterocycles. The van der Waals surface area contributed by atoms with E-state index in [0.717, 1.165) is 12.8 Å². The first-order valence-corrected chi connectivity index (χ1v) is 8.60. The van der Waals surface area contributed by atoms with Crippen molar-refractivity contribution >= 4 is 16.0 Å². The van der Waals surface area contributed by atoms with Gasteiger partial charge >= 0.3 is 5.97 Å². The first-order valence-electron chi connectivity index (χ1n) is 7.12. The van der Waals surface area contributed by atoms with Gasteiger partial charge in [0.2, 0.25) is 10.0 Å². The van der Waals surface area contributed by atoms with E-state index in [1.165, 1.54) is 12.1 Å². The summed E-state index contributed by atoms with van der Waals surface area (Å²) in [7, 11) is -3.73. The SMILES string of the molecule is CCCCOC(=O)[C@@H](NS(=O)(=O)c1ccccc1)C(C)C. The average Bonchev–Trinajstić information content (AvgIpc) is 2.45. The molecule has 0 fully saturated rings. The summed E-state index contributed by atoms with van der Waals surface area (Å²) in [6.45, 7) is 5.86. The van der Waals surface area contributed by atoms with Crippen LogP contribution in [0.25, 0.3) is 0 Å². The van der Waals surface area contributed by atoms with Crippen molar-refractivity contribution in [1.82, 2.24) is 4.72 Å². The first kappa shape index (κ1) is 17.7. The van der Waals surface area contributed by atoms with E-state index in [-0.39, 0.29) is 10.8 Å². The lowest BCUT2D eigenvalue weighted by Gasteiger charge is -2.20. The van der Waals surface area contributed by atoms with Crippen LogP contribution < -0.4 is 4.72 Å². The Morgan fingerprint density at radius 2 is 1.86 bits per heavy atom. The molecule has 0 radical (unpaired) electrons. The monoisotopic (exact) mass is 313 g/mol. The number of ether oxygens (including phenoxy) is 1. The Morgan fingerprint density at radius 3 is 2.38 bits per heavy atom. The zero-order valence-electron chi connectivity index (χ0n) is 12.7. The van der Waals surface area contributed by atoms with Gasteiger partial charge in [-0.05, 0) is 24.5 Å². The van der Waals surface area contributed by atoms with Crippen LogP contribution in [-0.4, -0.2) is 27.0 Å². The van der Waals surface area contributed by atoms with Gasteiger partial charge in [-0.3, -0.25) is 4.79 Å². The summed E-state index contributed by atoms with van der Waals surface area (Å²) >= 11 is 0. The van der Waals surface area contributed by atoms with Gasteiger partial charge in [-0.1, -0.05) is 45.4 Å². The summed E-state index contributed by atoms with van der Waals surface area (Å²) < 4.78 is 32.1. The van der Waals surface area contributed by atoms with E-state index in [1.807, 2.05) is 6.92 Å². The predicted molar refractivity (Wildman–Crippen MR) is 81.3 cm³/mol. The normalized spacial score (nSPS) is 13.1. The molecule has 118 valence electrons. The lowest BCUT2D eigenvalue weighted by Crippen LogP contribution is -2.45. The third kappa shape index (κ3) is 5.47. The number of sulfonamides is 1. The molecule has 0 bridgehead atoms. The fourth-order valence-electron chi connectivity index (χ4n) is 1.70. The van der Waals surface area contributed by atoms with Gasteiger partial charge in [-0.2, -0.15) is 4.72 Å². The van der Waals surface area contributed by atoms with Crippen LogP contribution in [0.4, 0.5) is 0 Å². The van der Waals surface area contributed by atoms with E-state index in [0.29, 0.717) is 6.61 Å². The minimum atomic E-state index is -3.73. The number of rotatable bonds is 8. The molecule has 0 aliphatic carbocycles. The molecular formula is C15H23NO4S. The van der Waals surface area contributed by atoms with Gasteiger partial charge in [0.1, 0.15) is 6.04 Å². The molecule has 0 unspecified atom stereocenters. The molecule has 1 aromatic carbocycles. The summed E-state index contributed by atoms with van der Waals surface area (Å²) in [5.74, 6) is -0.726. The van der Waals surface area contributed by atoms with Crippen molar-refractivity contribution in [3.05, 3.63) is 30.3 Å². The Bertz CT molecular complexity index is 540. The summed E-state index contributed by atoms with van der Waals surface area (Å²) in [6, 6.07) is 7.10. The van der Waals surface area contributed by atoms with Crippen molar-refractivity contribution in [3.63, 3.8) is 0 Å². The van der Waals surface area contributed by atoms with Gasteiger partial charge in [0.15, 0.2) is 0 Å². The van der Waals surface area contributed by atoms with Gasteiger partial charge in [0.25, 0.3) is 0 Å². The van der Waals surface area contributed by atoms with Crippen LogP contribution in [0.5, 0.6) is 0 Å². The summed E-state index contributed by atoms with van der Waals surface area (Å²) in [4.78, 5) is 12.2. The number of hydrogen-bond donors (Lipinski definition) is 1. The van der Waals surface area contributed by atoms with Crippen LogP contribution in [-0.2, 0) is 19.6 Å². The Kier molecular flexibility index (Phi) is 6.84. The third-order valence-electron chi connectivity index (χ3n) is 3.00. The van der Waals surface area contributed by atoms with E-state index < -0.39 is 22.0 Å². The molecule has 1 aromatic rings. The lowest BCUT2D eigenvalue weighted by molar-refractivity contribution is -0.146. The smallest absolute Gasteiger partial charge is 0.324 e. The number of carbonyl (C=O) groups is 1. The maximum absolute atomic E-state index is 12.3. The van der Waals surface area contributed by atoms with Gasteiger partial charge < -0.3 is 4.74 Å². The standard InChI is InChI=1S/C15H23NO4S/c1-4-5-11-20-15(17)14(12(2)3)16-21(18,19)13-9-7-6-8-10-13/h6-10,12,14,16H,4-5,11H2,1-3H3/t14-/m0/s1. The van der Waals surface area contributed by atoms with Gasteiger partial charge in [0.05, 0.1) is 11.5 Å². The van der Waals surface area contributed by atoms with E-state index in [1.54, 1.807) is 32.0 Å². The average molecular weight is 313 g/mol. The Labute approximate surface area is 126 Å². The van der Waals surface area contributed by atoms with E-state index >= 15 is 0 Å². The Morgan fingerprint density at radius 1 is 1.24 bits per heavy atom. The largest absolute Gasteiger partial charge is 0.464 e.